The molecule has 2 N–H and O–H groups in total. The zero-order valence-corrected chi connectivity index (χ0v) is 11.5. The van der Waals surface area contributed by atoms with Crippen molar-refractivity contribution < 1.29 is 4.79 Å². The van der Waals surface area contributed by atoms with Crippen LogP contribution in [0.2, 0.25) is 0 Å². The average molecular weight is 274 g/mol. The standard InChI is InChI=1S/C13H18N6O/c1-18-9-10(6-17-18)13(20)16-8-11-7-15-12-2-3-14-4-5-19(11)12/h6-7,9,14H,2-5,8H2,1H3,(H,16,20). The molecule has 7 nitrogen and oxygen atoms in total. The van der Waals surface area contributed by atoms with Crippen LogP contribution in [0, 0.1) is 0 Å². The predicted octanol–water partition coefficient (Wildman–Crippen LogP) is -0.308. The van der Waals surface area contributed by atoms with Gasteiger partial charge in [0.1, 0.15) is 5.82 Å². The van der Waals surface area contributed by atoms with Gasteiger partial charge in [-0.15, -0.1) is 0 Å². The molecule has 0 atom stereocenters. The van der Waals surface area contributed by atoms with Crippen LogP contribution >= 0.6 is 0 Å². The number of hydrogen-bond donors (Lipinski definition) is 2. The van der Waals surface area contributed by atoms with Crippen molar-refractivity contribution in [2.45, 2.75) is 19.5 Å². The molecule has 2 aromatic rings. The van der Waals surface area contributed by atoms with Crippen molar-refractivity contribution in [1.82, 2.24) is 30.0 Å². The van der Waals surface area contributed by atoms with E-state index in [2.05, 4.69) is 25.3 Å². The van der Waals surface area contributed by atoms with E-state index < -0.39 is 0 Å². The van der Waals surface area contributed by atoms with Crippen molar-refractivity contribution in [3.05, 3.63) is 35.7 Å². The van der Waals surface area contributed by atoms with Crippen LogP contribution in [-0.4, -0.2) is 38.3 Å². The number of carbonyl (C=O) groups excluding carboxylic acids is 1. The molecule has 0 aromatic carbocycles. The lowest BCUT2D eigenvalue weighted by atomic mass is 10.3. The Kier molecular flexibility index (Phi) is 3.51. The third kappa shape index (κ3) is 2.57. The smallest absolute Gasteiger partial charge is 0.254 e. The molecule has 1 aliphatic rings. The van der Waals surface area contributed by atoms with Crippen molar-refractivity contribution >= 4 is 5.91 Å². The second-order valence-corrected chi connectivity index (χ2v) is 4.90. The summed E-state index contributed by atoms with van der Waals surface area (Å²) in [5, 5.41) is 10.2. The minimum Gasteiger partial charge on any atom is -0.346 e. The Hall–Kier alpha value is -2.15. The Bertz CT molecular complexity index is 614. The fourth-order valence-electron chi connectivity index (χ4n) is 2.39. The minimum atomic E-state index is -0.111. The fraction of sp³-hybridized carbons (Fsp3) is 0.462. The maximum absolute atomic E-state index is 12.0. The summed E-state index contributed by atoms with van der Waals surface area (Å²) in [6, 6.07) is 0. The highest BCUT2D eigenvalue weighted by atomic mass is 16.1. The third-order valence-electron chi connectivity index (χ3n) is 3.46. The molecule has 0 saturated carbocycles. The molecular weight excluding hydrogens is 256 g/mol. The van der Waals surface area contributed by atoms with E-state index in [-0.39, 0.29) is 5.91 Å². The Morgan fingerprint density at radius 1 is 1.45 bits per heavy atom. The summed E-state index contributed by atoms with van der Waals surface area (Å²) in [6.45, 7) is 3.28. The zero-order chi connectivity index (χ0) is 13.9. The van der Waals surface area contributed by atoms with Gasteiger partial charge >= 0.3 is 0 Å². The maximum Gasteiger partial charge on any atom is 0.254 e. The van der Waals surface area contributed by atoms with Gasteiger partial charge in [-0.2, -0.15) is 5.10 Å². The number of aryl methyl sites for hydroxylation is 1. The van der Waals surface area contributed by atoms with Crippen LogP contribution < -0.4 is 10.6 Å². The Morgan fingerprint density at radius 3 is 3.15 bits per heavy atom. The van der Waals surface area contributed by atoms with Gasteiger partial charge in [-0.1, -0.05) is 0 Å². The Labute approximate surface area is 117 Å². The summed E-state index contributed by atoms with van der Waals surface area (Å²) >= 11 is 0. The molecule has 0 saturated heterocycles. The van der Waals surface area contributed by atoms with Gasteiger partial charge in [-0.25, -0.2) is 4.98 Å². The number of rotatable bonds is 3. The Balaban J connectivity index is 1.67. The van der Waals surface area contributed by atoms with Gasteiger partial charge in [-0.3, -0.25) is 9.48 Å². The molecule has 2 aromatic heterocycles. The van der Waals surface area contributed by atoms with Crippen LogP contribution in [0.15, 0.2) is 18.6 Å². The van der Waals surface area contributed by atoms with Gasteiger partial charge in [0, 0.05) is 39.3 Å². The van der Waals surface area contributed by atoms with E-state index in [9.17, 15) is 4.79 Å². The van der Waals surface area contributed by atoms with Crippen LogP contribution in [0.25, 0.3) is 0 Å². The van der Waals surface area contributed by atoms with Crippen LogP contribution in [0.5, 0.6) is 0 Å². The highest BCUT2D eigenvalue weighted by molar-refractivity contribution is 5.93. The molecule has 1 aliphatic heterocycles. The number of imidazole rings is 1. The van der Waals surface area contributed by atoms with Crippen LogP contribution in [0.1, 0.15) is 21.9 Å². The first-order valence-electron chi connectivity index (χ1n) is 6.75. The zero-order valence-electron chi connectivity index (χ0n) is 11.5. The van der Waals surface area contributed by atoms with E-state index in [0.717, 1.165) is 37.6 Å². The van der Waals surface area contributed by atoms with E-state index in [1.54, 1.807) is 24.1 Å². The molecule has 0 radical (unpaired) electrons. The molecule has 1 amide bonds. The topological polar surface area (TPSA) is 76.8 Å². The first-order chi connectivity index (χ1) is 9.74. The van der Waals surface area contributed by atoms with Gasteiger partial charge < -0.3 is 15.2 Å². The lowest BCUT2D eigenvalue weighted by Gasteiger charge is -2.09. The van der Waals surface area contributed by atoms with Crippen molar-refractivity contribution in [3.8, 4) is 0 Å². The van der Waals surface area contributed by atoms with Crippen molar-refractivity contribution in [3.63, 3.8) is 0 Å². The molecule has 3 heterocycles. The van der Waals surface area contributed by atoms with E-state index in [4.69, 9.17) is 0 Å². The number of hydrogen-bond acceptors (Lipinski definition) is 4. The van der Waals surface area contributed by atoms with E-state index >= 15 is 0 Å². The van der Waals surface area contributed by atoms with E-state index in [1.807, 2.05) is 6.20 Å². The predicted molar refractivity (Wildman–Crippen MR) is 73.2 cm³/mol. The van der Waals surface area contributed by atoms with Gasteiger partial charge in [-0.05, 0) is 0 Å². The molecule has 7 heteroatoms. The van der Waals surface area contributed by atoms with Crippen LogP contribution in [-0.2, 0) is 26.6 Å². The van der Waals surface area contributed by atoms with Crippen LogP contribution in [0.3, 0.4) is 0 Å². The molecule has 0 spiro atoms. The first-order valence-corrected chi connectivity index (χ1v) is 6.75. The summed E-state index contributed by atoms with van der Waals surface area (Å²) in [7, 11) is 1.79. The first kappa shape index (κ1) is 12.9. The molecule has 0 bridgehead atoms. The summed E-state index contributed by atoms with van der Waals surface area (Å²) < 4.78 is 3.80. The van der Waals surface area contributed by atoms with E-state index in [0.29, 0.717) is 12.1 Å². The number of aromatic nitrogens is 4. The lowest BCUT2D eigenvalue weighted by molar-refractivity contribution is 0.0950. The quantitative estimate of drug-likeness (QED) is 0.805. The second-order valence-electron chi connectivity index (χ2n) is 4.90. The molecular formula is C13H18N6O. The minimum absolute atomic E-state index is 0.111. The molecule has 106 valence electrons. The van der Waals surface area contributed by atoms with Gasteiger partial charge in [0.2, 0.25) is 0 Å². The highest BCUT2D eigenvalue weighted by Gasteiger charge is 2.14. The number of nitrogens with zero attached hydrogens (tertiary/aromatic N) is 4. The van der Waals surface area contributed by atoms with Crippen LogP contribution in [0.4, 0.5) is 0 Å². The number of carbonyl (C=O) groups is 1. The lowest BCUT2D eigenvalue weighted by Crippen LogP contribution is -2.25. The number of nitrogens with one attached hydrogen (secondary N) is 2. The average Bonchev–Trinajstić information content (AvgIpc) is 2.96. The summed E-state index contributed by atoms with van der Waals surface area (Å²) in [5.41, 5.74) is 1.62. The van der Waals surface area contributed by atoms with Crippen molar-refractivity contribution in [1.29, 1.82) is 0 Å². The largest absolute Gasteiger partial charge is 0.346 e. The van der Waals surface area contributed by atoms with Gasteiger partial charge in [0.05, 0.1) is 30.2 Å². The second kappa shape index (κ2) is 5.46. The monoisotopic (exact) mass is 274 g/mol. The third-order valence-corrected chi connectivity index (χ3v) is 3.46. The summed E-state index contributed by atoms with van der Waals surface area (Å²) in [6.07, 6.45) is 6.05. The highest BCUT2D eigenvalue weighted by Crippen LogP contribution is 2.08. The van der Waals surface area contributed by atoms with Crippen molar-refractivity contribution in [2.24, 2.45) is 7.05 Å². The van der Waals surface area contributed by atoms with Gasteiger partial charge in [0.15, 0.2) is 0 Å². The summed E-state index contributed by atoms with van der Waals surface area (Å²) in [5.74, 6) is 0.973. The SMILES string of the molecule is Cn1cc(C(=O)NCc2cnc3n2CCNCC3)cn1. The number of amides is 1. The Morgan fingerprint density at radius 2 is 2.35 bits per heavy atom. The molecule has 20 heavy (non-hydrogen) atoms. The molecule has 0 aliphatic carbocycles. The normalized spacial score (nSPS) is 14.7. The fourth-order valence-corrected chi connectivity index (χ4v) is 2.39. The maximum atomic E-state index is 12.0. The number of fused-ring (bicyclic) bond motifs is 1. The molecule has 3 rings (SSSR count). The van der Waals surface area contributed by atoms with Crippen molar-refractivity contribution in [2.75, 3.05) is 13.1 Å². The summed E-state index contributed by atoms with van der Waals surface area (Å²) in [4.78, 5) is 16.4. The van der Waals surface area contributed by atoms with E-state index in [1.165, 1.54) is 0 Å². The molecule has 0 unspecified atom stereocenters. The van der Waals surface area contributed by atoms with Gasteiger partial charge in [0.25, 0.3) is 5.91 Å². The molecule has 0 fully saturated rings.